The topological polar surface area (TPSA) is 83.2 Å². The van der Waals surface area contributed by atoms with Crippen LogP contribution >= 0.6 is 11.3 Å². The highest BCUT2D eigenvalue weighted by Gasteiger charge is 2.03. The van der Waals surface area contributed by atoms with E-state index < -0.39 is 0 Å². The van der Waals surface area contributed by atoms with Gasteiger partial charge in [-0.1, -0.05) is 30.3 Å². The van der Waals surface area contributed by atoms with Crippen LogP contribution in [0.3, 0.4) is 0 Å². The molecule has 0 unspecified atom stereocenters. The van der Waals surface area contributed by atoms with Crippen LogP contribution in [0.4, 0.5) is 5.13 Å². The second-order valence-electron chi connectivity index (χ2n) is 5.94. The summed E-state index contributed by atoms with van der Waals surface area (Å²) >= 11 is 1.50. The number of nitrogens with one attached hydrogen (secondary N) is 1. The first-order chi connectivity index (χ1) is 14.3. The summed E-state index contributed by atoms with van der Waals surface area (Å²) in [5.41, 5.74) is 6.36. The molecule has 0 amide bonds. The van der Waals surface area contributed by atoms with Crippen LogP contribution in [0, 0.1) is 11.3 Å². The molecule has 4 aromatic rings. The number of hydrazone groups is 1. The van der Waals surface area contributed by atoms with Gasteiger partial charge in [-0.05, 0) is 35.9 Å². The van der Waals surface area contributed by atoms with Gasteiger partial charge in [-0.2, -0.15) is 10.4 Å². The molecule has 4 rings (SSSR count). The molecule has 0 atom stereocenters. The minimum absolute atomic E-state index is 0.435. The Morgan fingerprint density at radius 3 is 2.59 bits per heavy atom. The van der Waals surface area contributed by atoms with E-state index in [9.17, 15) is 0 Å². The smallest absolute Gasteiger partial charge is 0.219 e. The molecular formula is C22H15N5OS. The Morgan fingerprint density at radius 1 is 1.03 bits per heavy atom. The number of anilines is 1. The van der Waals surface area contributed by atoms with Crippen LogP contribution in [0.2, 0.25) is 0 Å². The average molecular weight is 397 g/mol. The van der Waals surface area contributed by atoms with Gasteiger partial charge in [-0.15, -0.1) is 11.3 Å². The van der Waals surface area contributed by atoms with Crippen LogP contribution in [0.5, 0.6) is 11.6 Å². The fourth-order valence-corrected chi connectivity index (χ4v) is 3.15. The van der Waals surface area contributed by atoms with Crippen molar-refractivity contribution in [3.05, 3.63) is 89.4 Å². The Hall–Kier alpha value is -4.02. The number of nitrogens with zero attached hydrogens (tertiary/aromatic N) is 4. The third kappa shape index (κ3) is 4.83. The van der Waals surface area contributed by atoms with Gasteiger partial charge in [-0.3, -0.25) is 5.43 Å². The van der Waals surface area contributed by atoms with E-state index in [1.54, 1.807) is 18.3 Å². The summed E-state index contributed by atoms with van der Waals surface area (Å²) < 4.78 is 5.66. The molecular weight excluding hydrogens is 382 g/mol. The van der Waals surface area contributed by atoms with Crippen LogP contribution < -0.4 is 10.2 Å². The zero-order chi connectivity index (χ0) is 19.9. The van der Waals surface area contributed by atoms with Crippen molar-refractivity contribution in [2.45, 2.75) is 0 Å². The second-order valence-corrected chi connectivity index (χ2v) is 6.80. The van der Waals surface area contributed by atoms with E-state index in [0.29, 0.717) is 17.2 Å². The Bertz CT molecular complexity index is 1150. The lowest BCUT2D eigenvalue weighted by Gasteiger charge is -2.04. The molecule has 0 aliphatic heterocycles. The normalized spacial score (nSPS) is 10.6. The molecule has 0 saturated heterocycles. The van der Waals surface area contributed by atoms with E-state index in [0.717, 1.165) is 22.0 Å². The highest BCUT2D eigenvalue weighted by Crippen LogP contribution is 2.24. The number of pyridine rings is 1. The quantitative estimate of drug-likeness (QED) is 0.352. The molecule has 0 spiro atoms. The van der Waals surface area contributed by atoms with Gasteiger partial charge in [0.15, 0.2) is 0 Å². The third-order valence-electron chi connectivity index (χ3n) is 3.92. The zero-order valence-electron chi connectivity index (χ0n) is 15.2. The lowest BCUT2D eigenvalue weighted by Crippen LogP contribution is -1.91. The molecule has 0 radical (unpaired) electrons. The van der Waals surface area contributed by atoms with Gasteiger partial charge in [0, 0.05) is 23.2 Å². The number of hydrogen-bond acceptors (Lipinski definition) is 7. The maximum Gasteiger partial charge on any atom is 0.219 e. The lowest BCUT2D eigenvalue weighted by molar-refractivity contribution is 0.463. The van der Waals surface area contributed by atoms with Crippen molar-refractivity contribution in [1.29, 1.82) is 5.26 Å². The lowest BCUT2D eigenvalue weighted by atomic mass is 10.2. The summed E-state index contributed by atoms with van der Waals surface area (Å²) in [6, 6.07) is 22.8. The summed E-state index contributed by atoms with van der Waals surface area (Å²) in [6.07, 6.45) is 3.19. The van der Waals surface area contributed by atoms with Crippen molar-refractivity contribution in [2.75, 3.05) is 5.43 Å². The van der Waals surface area contributed by atoms with Crippen molar-refractivity contribution in [1.82, 2.24) is 9.97 Å². The highest BCUT2D eigenvalue weighted by atomic mass is 32.1. The number of hydrogen-bond donors (Lipinski definition) is 1. The van der Waals surface area contributed by atoms with Crippen molar-refractivity contribution in [3.8, 4) is 29.0 Å². The minimum Gasteiger partial charge on any atom is -0.439 e. The molecule has 140 valence electrons. The maximum absolute atomic E-state index is 8.79. The molecule has 0 fully saturated rings. The largest absolute Gasteiger partial charge is 0.439 e. The molecule has 1 N–H and O–H groups in total. The molecule has 2 heterocycles. The van der Waals surface area contributed by atoms with Crippen LogP contribution in [0.25, 0.3) is 11.3 Å². The predicted molar refractivity (Wildman–Crippen MR) is 114 cm³/mol. The Kier molecular flexibility index (Phi) is 5.55. The van der Waals surface area contributed by atoms with Gasteiger partial charge in [-0.25, -0.2) is 9.97 Å². The van der Waals surface area contributed by atoms with Crippen molar-refractivity contribution in [3.63, 3.8) is 0 Å². The second kappa shape index (κ2) is 8.78. The zero-order valence-corrected chi connectivity index (χ0v) is 16.0. The number of thiazole rings is 1. The van der Waals surface area contributed by atoms with Crippen LogP contribution in [-0.4, -0.2) is 16.2 Å². The number of nitriles is 1. The summed E-state index contributed by atoms with van der Waals surface area (Å²) in [5.74, 6) is 1.09. The number of benzene rings is 2. The predicted octanol–water partition coefficient (Wildman–Crippen LogP) is 5.32. The van der Waals surface area contributed by atoms with E-state index in [1.165, 1.54) is 17.5 Å². The SMILES string of the molecule is N#Cc1ccc(Oc2ccc(C=NNc3nc(-c4ccccc4)cs3)cc2)nc1. The van der Waals surface area contributed by atoms with E-state index in [1.807, 2.05) is 66.0 Å². The Labute approximate surface area is 171 Å². The van der Waals surface area contributed by atoms with Crippen molar-refractivity contribution in [2.24, 2.45) is 5.10 Å². The fraction of sp³-hybridized carbons (Fsp3) is 0. The summed E-state index contributed by atoms with van der Waals surface area (Å²) in [7, 11) is 0. The van der Waals surface area contributed by atoms with Crippen LogP contribution in [0.15, 0.2) is 83.4 Å². The number of rotatable bonds is 6. The minimum atomic E-state index is 0.435. The standard InChI is InChI=1S/C22H15N5OS/c23-12-17-8-11-21(24-13-17)28-19-9-6-16(7-10-19)14-25-27-22-26-20(15-29-22)18-4-2-1-3-5-18/h1-11,13-15H,(H,26,27). The van der Waals surface area contributed by atoms with E-state index in [-0.39, 0.29) is 0 Å². The molecule has 2 aromatic carbocycles. The highest BCUT2D eigenvalue weighted by molar-refractivity contribution is 7.14. The van der Waals surface area contributed by atoms with Gasteiger partial charge in [0.05, 0.1) is 17.5 Å². The summed E-state index contributed by atoms with van der Waals surface area (Å²) in [4.78, 5) is 8.62. The molecule has 0 bridgehead atoms. The number of aromatic nitrogens is 2. The first-order valence-corrected chi connectivity index (χ1v) is 9.62. The van der Waals surface area contributed by atoms with Crippen LogP contribution in [-0.2, 0) is 0 Å². The average Bonchev–Trinajstić information content (AvgIpc) is 3.25. The van der Waals surface area contributed by atoms with Gasteiger partial charge >= 0.3 is 0 Å². The third-order valence-corrected chi connectivity index (χ3v) is 4.66. The monoisotopic (exact) mass is 397 g/mol. The first kappa shape index (κ1) is 18.3. The molecule has 0 aliphatic carbocycles. The number of ether oxygens (including phenoxy) is 1. The summed E-state index contributed by atoms with van der Waals surface area (Å²) in [5, 5.41) is 15.8. The molecule has 7 heteroatoms. The van der Waals surface area contributed by atoms with E-state index >= 15 is 0 Å². The van der Waals surface area contributed by atoms with Crippen molar-refractivity contribution < 1.29 is 4.74 Å². The molecule has 0 saturated carbocycles. The van der Waals surface area contributed by atoms with Gasteiger partial charge < -0.3 is 4.74 Å². The maximum atomic E-state index is 8.79. The van der Waals surface area contributed by atoms with E-state index in [4.69, 9.17) is 10.00 Å². The molecule has 6 nitrogen and oxygen atoms in total. The fourth-order valence-electron chi connectivity index (χ4n) is 2.48. The molecule has 29 heavy (non-hydrogen) atoms. The van der Waals surface area contributed by atoms with Gasteiger partial charge in [0.2, 0.25) is 11.0 Å². The molecule has 2 aromatic heterocycles. The Morgan fingerprint density at radius 2 is 1.86 bits per heavy atom. The molecule has 0 aliphatic rings. The van der Waals surface area contributed by atoms with Crippen LogP contribution in [0.1, 0.15) is 11.1 Å². The van der Waals surface area contributed by atoms with Gasteiger partial charge in [0.25, 0.3) is 0 Å². The summed E-state index contributed by atoms with van der Waals surface area (Å²) in [6.45, 7) is 0. The van der Waals surface area contributed by atoms with E-state index in [2.05, 4.69) is 20.5 Å². The first-order valence-electron chi connectivity index (χ1n) is 8.74. The van der Waals surface area contributed by atoms with Crippen molar-refractivity contribution >= 4 is 22.7 Å². The Balaban J connectivity index is 1.34. The van der Waals surface area contributed by atoms with Gasteiger partial charge in [0.1, 0.15) is 11.8 Å².